The van der Waals surface area contributed by atoms with Gasteiger partial charge in [0, 0.05) is 16.3 Å². The Hall–Kier alpha value is -0.910. The summed E-state index contributed by atoms with van der Waals surface area (Å²) in [6.45, 7) is 1.23. The Morgan fingerprint density at radius 1 is 1.62 bits per heavy atom. The number of aliphatic carboxylic acids is 1. The van der Waals surface area contributed by atoms with E-state index >= 15 is 0 Å². The van der Waals surface area contributed by atoms with Crippen molar-refractivity contribution in [2.45, 2.75) is 17.4 Å². The predicted octanol–water partition coefficient (Wildman–Crippen LogP) is 1.85. The summed E-state index contributed by atoms with van der Waals surface area (Å²) in [5, 5.41) is 18.7. The summed E-state index contributed by atoms with van der Waals surface area (Å²) >= 11 is 7.03. The molecule has 0 aliphatic rings. The Kier molecular flexibility index (Phi) is 4.07. The molecule has 0 heterocycles. The largest absolute Gasteiger partial charge is 0.479 e. The fourth-order valence-electron chi connectivity index (χ4n) is 0.952. The number of carboxylic acids is 1. The number of hydrogen-bond acceptors (Lipinski definition) is 4. The van der Waals surface area contributed by atoms with E-state index in [0.717, 1.165) is 11.8 Å². The molecule has 0 aliphatic carbocycles. The van der Waals surface area contributed by atoms with Crippen molar-refractivity contribution in [3.63, 3.8) is 0 Å². The van der Waals surface area contributed by atoms with Crippen LogP contribution in [0, 0.1) is 0 Å². The standard InChI is InChI=1S/C10H12ClNO3S/c1-10(15,9(13)14)5-16-8-6(11)3-2-4-7(8)12/h2-4,15H,5,12H2,1H3,(H,13,14). The Morgan fingerprint density at radius 3 is 2.75 bits per heavy atom. The first-order chi connectivity index (χ1) is 7.34. The summed E-state index contributed by atoms with van der Waals surface area (Å²) in [5.41, 5.74) is 4.37. The second-order valence-electron chi connectivity index (χ2n) is 3.53. The first-order valence-corrected chi connectivity index (χ1v) is 5.83. The first kappa shape index (κ1) is 13.2. The molecule has 4 nitrogen and oxygen atoms in total. The number of thioether (sulfide) groups is 1. The number of benzene rings is 1. The van der Waals surface area contributed by atoms with Crippen LogP contribution in [0.25, 0.3) is 0 Å². The maximum atomic E-state index is 10.7. The van der Waals surface area contributed by atoms with Gasteiger partial charge in [-0.25, -0.2) is 4.79 Å². The second-order valence-corrected chi connectivity index (χ2v) is 4.92. The van der Waals surface area contributed by atoms with Crippen LogP contribution >= 0.6 is 23.4 Å². The maximum absolute atomic E-state index is 10.7. The average molecular weight is 262 g/mol. The van der Waals surface area contributed by atoms with E-state index in [2.05, 4.69) is 0 Å². The summed E-state index contributed by atoms with van der Waals surface area (Å²) in [5.74, 6) is -1.29. The molecular weight excluding hydrogens is 250 g/mol. The molecule has 4 N–H and O–H groups in total. The quantitative estimate of drug-likeness (QED) is 0.569. The van der Waals surface area contributed by atoms with E-state index in [4.69, 9.17) is 22.4 Å². The smallest absolute Gasteiger partial charge is 0.336 e. The normalized spacial score (nSPS) is 14.4. The highest BCUT2D eigenvalue weighted by molar-refractivity contribution is 7.99. The molecule has 16 heavy (non-hydrogen) atoms. The highest BCUT2D eigenvalue weighted by atomic mass is 35.5. The fourth-order valence-corrected chi connectivity index (χ4v) is 2.29. The van der Waals surface area contributed by atoms with Crippen LogP contribution in [0.2, 0.25) is 5.02 Å². The molecule has 1 aromatic rings. The van der Waals surface area contributed by atoms with Crippen molar-refractivity contribution in [2.24, 2.45) is 0 Å². The number of nitrogen functional groups attached to an aromatic ring is 1. The molecule has 0 aromatic heterocycles. The van der Waals surface area contributed by atoms with Gasteiger partial charge in [0.1, 0.15) is 0 Å². The number of nitrogens with two attached hydrogens (primary N) is 1. The number of carbonyl (C=O) groups is 1. The summed E-state index contributed by atoms with van der Waals surface area (Å²) in [7, 11) is 0. The average Bonchev–Trinajstić information content (AvgIpc) is 2.16. The van der Waals surface area contributed by atoms with E-state index in [1.807, 2.05) is 0 Å². The molecule has 0 aliphatic heterocycles. The van der Waals surface area contributed by atoms with Gasteiger partial charge < -0.3 is 15.9 Å². The zero-order valence-electron chi connectivity index (χ0n) is 8.61. The molecule has 88 valence electrons. The van der Waals surface area contributed by atoms with Gasteiger partial charge >= 0.3 is 5.97 Å². The molecule has 0 radical (unpaired) electrons. The van der Waals surface area contributed by atoms with E-state index in [1.165, 1.54) is 6.92 Å². The van der Waals surface area contributed by atoms with E-state index in [9.17, 15) is 9.90 Å². The first-order valence-electron chi connectivity index (χ1n) is 4.47. The molecule has 1 aromatic carbocycles. The maximum Gasteiger partial charge on any atom is 0.336 e. The SMILES string of the molecule is CC(O)(CSc1c(N)cccc1Cl)C(=O)O. The summed E-state index contributed by atoms with van der Waals surface area (Å²) < 4.78 is 0. The van der Waals surface area contributed by atoms with E-state index in [1.54, 1.807) is 18.2 Å². The minimum Gasteiger partial charge on any atom is -0.479 e. The van der Waals surface area contributed by atoms with Gasteiger partial charge in [-0.2, -0.15) is 0 Å². The molecule has 0 saturated heterocycles. The van der Waals surface area contributed by atoms with Crippen LogP contribution in [0.3, 0.4) is 0 Å². The van der Waals surface area contributed by atoms with Gasteiger partial charge in [-0.1, -0.05) is 17.7 Å². The van der Waals surface area contributed by atoms with Crippen molar-refractivity contribution in [2.75, 3.05) is 11.5 Å². The van der Waals surface area contributed by atoms with Crippen LogP contribution < -0.4 is 5.73 Å². The number of rotatable bonds is 4. The second kappa shape index (κ2) is 4.95. The van der Waals surface area contributed by atoms with Crippen molar-refractivity contribution in [3.05, 3.63) is 23.2 Å². The Bertz CT molecular complexity index is 389. The molecule has 0 amide bonds. The fraction of sp³-hybridized carbons (Fsp3) is 0.300. The van der Waals surface area contributed by atoms with Gasteiger partial charge in [0.15, 0.2) is 5.60 Å². The lowest BCUT2D eigenvalue weighted by Crippen LogP contribution is -2.37. The van der Waals surface area contributed by atoms with Crippen LogP contribution in [0.4, 0.5) is 5.69 Å². The molecule has 1 rings (SSSR count). The van der Waals surface area contributed by atoms with Gasteiger partial charge in [-0.05, 0) is 19.1 Å². The highest BCUT2D eigenvalue weighted by Gasteiger charge is 2.30. The van der Waals surface area contributed by atoms with Crippen molar-refractivity contribution in [3.8, 4) is 0 Å². The molecule has 1 unspecified atom stereocenters. The van der Waals surface area contributed by atoms with Crippen molar-refractivity contribution >= 4 is 35.0 Å². The van der Waals surface area contributed by atoms with Gasteiger partial charge in [-0.3, -0.25) is 0 Å². The monoisotopic (exact) mass is 261 g/mol. The minimum absolute atomic E-state index is 0.0176. The third kappa shape index (κ3) is 3.04. The van der Waals surface area contributed by atoms with Gasteiger partial charge in [0.25, 0.3) is 0 Å². The number of aliphatic hydroxyl groups is 1. The van der Waals surface area contributed by atoms with Gasteiger partial charge in [-0.15, -0.1) is 11.8 Å². The number of anilines is 1. The van der Waals surface area contributed by atoms with E-state index < -0.39 is 11.6 Å². The summed E-state index contributed by atoms with van der Waals surface area (Å²) in [6, 6.07) is 5.04. The van der Waals surface area contributed by atoms with Gasteiger partial charge in [0.05, 0.1) is 5.02 Å². The number of halogens is 1. The number of hydrogen-bond donors (Lipinski definition) is 3. The lowest BCUT2D eigenvalue weighted by Gasteiger charge is -2.18. The van der Waals surface area contributed by atoms with Crippen LogP contribution in [0.15, 0.2) is 23.1 Å². The lowest BCUT2D eigenvalue weighted by atomic mass is 10.1. The molecule has 0 saturated carbocycles. The Balaban J connectivity index is 2.79. The molecule has 1 atom stereocenters. The molecule has 0 bridgehead atoms. The van der Waals surface area contributed by atoms with Crippen LogP contribution in [0.5, 0.6) is 0 Å². The summed E-state index contributed by atoms with van der Waals surface area (Å²) in [4.78, 5) is 11.3. The molecule has 6 heteroatoms. The van der Waals surface area contributed by atoms with Crippen molar-refractivity contribution in [1.82, 2.24) is 0 Å². The van der Waals surface area contributed by atoms with Crippen LogP contribution in [-0.2, 0) is 4.79 Å². The predicted molar refractivity (Wildman–Crippen MR) is 64.8 cm³/mol. The third-order valence-corrected chi connectivity index (χ3v) is 3.83. The topological polar surface area (TPSA) is 83.5 Å². The lowest BCUT2D eigenvalue weighted by molar-refractivity contribution is -0.154. The van der Waals surface area contributed by atoms with E-state index in [0.29, 0.717) is 15.6 Å². The van der Waals surface area contributed by atoms with Crippen LogP contribution in [-0.4, -0.2) is 27.5 Å². The van der Waals surface area contributed by atoms with Gasteiger partial charge in [0.2, 0.25) is 0 Å². The Morgan fingerprint density at radius 2 is 2.25 bits per heavy atom. The number of carboxylic acid groups (broad SMARTS) is 1. The van der Waals surface area contributed by atoms with Crippen LogP contribution in [0.1, 0.15) is 6.92 Å². The van der Waals surface area contributed by atoms with Crippen molar-refractivity contribution in [1.29, 1.82) is 0 Å². The summed E-state index contributed by atoms with van der Waals surface area (Å²) in [6.07, 6.45) is 0. The Labute approximate surface area is 102 Å². The molecule has 0 spiro atoms. The molecule has 0 fully saturated rings. The minimum atomic E-state index is -1.80. The highest BCUT2D eigenvalue weighted by Crippen LogP contribution is 2.34. The molecular formula is C10H12ClNO3S. The third-order valence-electron chi connectivity index (χ3n) is 1.96. The zero-order chi connectivity index (χ0) is 12.3. The zero-order valence-corrected chi connectivity index (χ0v) is 10.2. The van der Waals surface area contributed by atoms with Crippen molar-refractivity contribution < 1.29 is 15.0 Å². The van der Waals surface area contributed by atoms with E-state index in [-0.39, 0.29) is 5.75 Å².